The number of hydrogen-bond acceptors (Lipinski definition) is 3. The van der Waals surface area contributed by atoms with Crippen molar-refractivity contribution in [1.82, 2.24) is 0 Å². The zero-order valence-corrected chi connectivity index (χ0v) is 10.9. The van der Waals surface area contributed by atoms with Crippen molar-refractivity contribution in [3.63, 3.8) is 0 Å². The maximum atomic E-state index is 6.34. The zero-order valence-electron chi connectivity index (χ0n) is 10.1. The molecule has 1 atom stereocenters. The maximum Gasteiger partial charge on any atom is 0.0876 e. The molecular formula is C14H19NOS. The Kier molecular flexibility index (Phi) is 3.21. The van der Waals surface area contributed by atoms with Gasteiger partial charge in [-0.05, 0) is 55.7 Å². The highest BCUT2D eigenvalue weighted by atomic mass is 32.1. The molecule has 2 N–H and O–H groups in total. The second-order valence-electron chi connectivity index (χ2n) is 4.95. The van der Waals surface area contributed by atoms with E-state index in [2.05, 4.69) is 6.07 Å². The van der Waals surface area contributed by atoms with Crippen molar-refractivity contribution in [2.24, 2.45) is 5.73 Å². The molecule has 1 aliphatic heterocycles. The van der Waals surface area contributed by atoms with E-state index in [1.165, 1.54) is 36.1 Å². The van der Waals surface area contributed by atoms with Crippen LogP contribution in [0.4, 0.5) is 0 Å². The summed E-state index contributed by atoms with van der Waals surface area (Å²) >= 11 is 1.92. The predicted octanol–water partition coefficient (Wildman–Crippen LogP) is 3.32. The van der Waals surface area contributed by atoms with Crippen molar-refractivity contribution in [2.45, 2.75) is 44.6 Å². The van der Waals surface area contributed by atoms with Gasteiger partial charge in [-0.2, -0.15) is 0 Å². The molecule has 1 unspecified atom stereocenters. The maximum absolute atomic E-state index is 6.34. The molecule has 0 amide bonds. The molecule has 1 aromatic rings. The number of rotatable bonds is 2. The summed E-state index contributed by atoms with van der Waals surface area (Å²) in [4.78, 5) is 2.90. The average molecular weight is 249 g/mol. The highest BCUT2D eigenvalue weighted by Gasteiger charge is 2.20. The van der Waals surface area contributed by atoms with Crippen LogP contribution in [0.2, 0.25) is 0 Å². The van der Waals surface area contributed by atoms with Crippen molar-refractivity contribution >= 4 is 11.3 Å². The quantitative estimate of drug-likeness (QED) is 0.872. The summed E-state index contributed by atoms with van der Waals surface area (Å²) < 4.78 is 5.39. The second-order valence-corrected chi connectivity index (χ2v) is 6.12. The van der Waals surface area contributed by atoms with E-state index >= 15 is 0 Å². The molecule has 0 saturated carbocycles. The van der Waals surface area contributed by atoms with Crippen molar-refractivity contribution in [3.8, 4) is 0 Å². The molecule has 0 fully saturated rings. The molecule has 0 radical (unpaired) electrons. The van der Waals surface area contributed by atoms with Crippen molar-refractivity contribution in [1.29, 1.82) is 0 Å². The topological polar surface area (TPSA) is 35.2 Å². The first-order valence-electron chi connectivity index (χ1n) is 6.52. The van der Waals surface area contributed by atoms with E-state index in [1.807, 2.05) is 17.6 Å². The summed E-state index contributed by atoms with van der Waals surface area (Å²) in [7, 11) is 0. The van der Waals surface area contributed by atoms with Gasteiger partial charge in [0.05, 0.1) is 18.9 Å². The Labute approximate surface area is 106 Å². The number of fused-ring (bicyclic) bond motifs is 1. The lowest BCUT2D eigenvalue weighted by Gasteiger charge is -2.18. The van der Waals surface area contributed by atoms with Crippen LogP contribution in [0, 0.1) is 0 Å². The summed E-state index contributed by atoms with van der Waals surface area (Å²) in [6, 6.07) is 2.39. The van der Waals surface area contributed by atoms with Crippen LogP contribution < -0.4 is 5.73 Å². The van der Waals surface area contributed by atoms with Gasteiger partial charge in [0.15, 0.2) is 0 Å². The Morgan fingerprint density at radius 2 is 2.06 bits per heavy atom. The number of aryl methyl sites for hydroxylation is 2. The van der Waals surface area contributed by atoms with Gasteiger partial charge in [-0.15, -0.1) is 11.3 Å². The van der Waals surface area contributed by atoms with Gasteiger partial charge in [0.2, 0.25) is 0 Å². The highest BCUT2D eigenvalue weighted by molar-refractivity contribution is 7.12. The van der Waals surface area contributed by atoms with Crippen LogP contribution in [0.1, 0.15) is 47.0 Å². The summed E-state index contributed by atoms with van der Waals surface area (Å²) in [5.41, 5.74) is 9.15. The first-order chi connectivity index (χ1) is 8.34. The molecule has 92 valence electrons. The van der Waals surface area contributed by atoms with E-state index in [0.717, 1.165) is 19.4 Å². The third-order valence-corrected chi connectivity index (χ3v) is 5.00. The summed E-state index contributed by atoms with van der Waals surface area (Å²) in [5, 5.41) is 0. The predicted molar refractivity (Wildman–Crippen MR) is 71.2 cm³/mol. The SMILES string of the molecule is NC(C1=COCCC1)c1cc2c(s1)CCCC2. The van der Waals surface area contributed by atoms with E-state index in [0.29, 0.717) is 0 Å². The third-order valence-electron chi connectivity index (χ3n) is 3.68. The highest BCUT2D eigenvalue weighted by Crippen LogP contribution is 2.35. The van der Waals surface area contributed by atoms with Crippen LogP contribution in [-0.4, -0.2) is 6.61 Å². The Hall–Kier alpha value is -0.800. The van der Waals surface area contributed by atoms with Crippen LogP contribution in [0.15, 0.2) is 17.9 Å². The van der Waals surface area contributed by atoms with Gasteiger partial charge in [0, 0.05) is 9.75 Å². The molecule has 0 aromatic carbocycles. The van der Waals surface area contributed by atoms with E-state index < -0.39 is 0 Å². The standard InChI is InChI=1S/C14H19NOS/c15-14(11-5-3-7-16-9-11)13-8-10-4-1-2-6-12(10)17-13/h8-9,14H,1-7,15H2. The molecule has 3 heteroatoms. The third kappa shape index (κ3) is 2.26. The Morgan fingerprint density at radius 1 is 1.18 bits per heavy atom. The molecule has 1 aromatic heterocycles. The van der Waals surface area contributed by atoms with Crippen LogP contribution in [-0.2, 0) is 17.6 Å². The number of nitrogens with two attached hydrogens (primary N) is 1. The smallest absolute Gasteiger partial charge is 0.0876 e. The summed E-state index contributed by atoms with van der Waals surface area (Å²) in [6.45, 7) is 0.844. The normalized spacial score (nSPS) is 21.4. The minimum atomic E-state index is 0.0610. The fraction of sp³-hybridized carbons (Fsp3) is 0.571. The van der Waals surface area contributed by atoms with Gasteiger partial charge in [-0.1, -0.05) is 0 Å². The number of ether oxygens (including phenoxy) is 1. The lowest BCUT2D eigenvalue weighted by atomic mass is 9.97. The molecule has 0 saturated heterocycles. The van der Waals surface area contributed by atoms with E-state index in [4.69, 9.17) is 10.5 Å². The molecule has 17 heavy (non-hydrogen) atoms. The molecule has 2 aliphatic rings. The van der Waals surface area contributed by atoms with Crippen LogP contribution in [0.3, 0.4) is 0 Å². The van der Waals surface area contributed by atoms with Gasteiger partial charge in [0.1, 0.15) is 0 Å². The largest absolute Gasteiger partial charge is 0.501 e. The summed E-state index contributed by atoms with van der Waals surface area (Å²) in [6.07, 6.45) is 9.25. The lowest BCUT2D eigenvalue weighted by Crippen LogP contribution is -2.15. The molecule has 1 aliphatic carbocycles. The first kappa shape index (κ1) is 11.3. The monoisotopic (exact) mass is 249 g/mol. The van der Waals surface area contributed by atoms with Gasteiger partial charge in [-0.3, -0.25) is 0 Å². The Morgan fingerprint density at radius 3 is 2.82 bits per heavy atom. The molecule has 2 nitrogen and oxygen atoms in total. The van der Waals surface area contributed by atoms with Crippen molar-refractivity contribution in [2.75, 3.05) is 6.61 Å². The molecule has 2 heterocycles. The first-order valence-corrected chi connectivity index (χ1v) is 7.34. The van der Waals surface area contributed by atoms with E-state index in [-0.39, 0.29) is 6.04 Å². The fourth-order valence-corrected chi connectivity index (χ4v) is 3.97. The van der Waals surface area contributed by atoms with Crippen LogP contribution >= 0.6 is 11.3 Å². The number of hydrogen-bond donors (Lipinski definition) is 1. The lowest BCUT2D eigenvalue weighted by molar-refractivity contribution is 0.221. The average Bonchev–Trinajstić information content (AvgIpc) is 2.82. The molecule has 0 bridgehead atoms. The van der Waals surface area contributed by atoms with Gasteiger partial charge < -0.3 is 10.5 Å². The molecule has 0 spiro atoms. The van der Waals surface area contributed by atoms with Gasteiger partial charge in [0.25, 0.3) is 0 Å². The van der Waals surface area contributed by atoms with E-state index in [1.54, 1.807) is 10.4 Å². The van der Waals surface area contributed by atoms with Crippen LogP contribution in [0.25, 0.3) is 0 Å². The Balaban J connectivity index is 1.83. The minimum absolute atomic E-state index is 0.0610. The van der Waals surface area contributed by atoms with Crippen molar-refractivity contribution in [3.05, 3.63) is 33.2 Å². The van der Waals surface area contributed by atoms with E-state index in [9.17, 15) is 0 Å². The van der Waals surface area contributed by atoms with Crippen LogP contribution in [0.5, 0.6) is 0 Å². The zero-order chi connectivity index (χ0) is 11.7. The molecular weight excluding hydrogens is 230 g/mol. The van der Waals surface area contributed by atoms with Crippen molar-refractivity contribution < 1.29 is 4.74 Å². The number of thiophene rings is 1. The Bertz CT molecular complexity index is 412. The minimum Gasteiger partial charge on any atom is -0.501 e. The second kappa shape index (κ2) is 4.83. The summed E-state index contributed by atoms with van der Waals surface area (Å²) in [5.74, 6) is 0. The fourth-order valence-electron chi connectivity index (χ4n) is 2.66. The van der Waals surface area contributed by atoms with Gasteiger partial charge in [-0.25, -0.2) is 0 Å². The molecule has 3 rings (SSSR count). The van der Waals surface area contributed by atoms with Gasteiger partial charge >= 0.3 is 0 Å².